The van der Waals surface area contributed by atoms with E-state index in [4.69, 9.17) is 15.2 Å². The molecule has 0 fully saturated rings. The van der Waals surface area contributed by atoms with Crippen LogP contribution in [-0.4, -0.2) is 24.3 Å². The molecule has 2 heterocycles. The highest BCUT2D eigenvalue weighted by Gasteiger charge is 2.12. The minimum absolute atomic E-state index is 0.0337. The molecular weight excluding hydrogens is 200 g/mol. The second kappa shape index (κ2) is 4.04. The quantitative estimate of drug-likeness (QED) is 0.766. The summed E-state index contributed by atoms with van der Waals surface area (Å²) < 4.78 is 15.2. The van der Waals surface area contributed by atoms with Crippen LogP contribution in [-0.2, 0) is 11.3 Å². The number of carbonyl (C=O) groups is 1. The Morgan fingerprint density at radius 1 is 1.47 bits per heavy atom. The number of amides is 1. The van der Waals surface area contributed by atoms with Gasteiger partial charge in [0.2, 0.25) is 0 Å². The van der Waals surface area contributed by atoms with Crippen LogP contribution in [0.15, 0.2) is 12.3 Å². The summed E-state index contributed by atoms with van der Waals surface area (Å²) in [6.07, 6.45) is 0.709. The molecule has 0 saturated heterocycles. The van der Waals surface area contributed by atoms with Crippen molar-refractivity contribution >= 4 is 6.09 Å². The maximum Gasteiger partial charge on any atom is 0.404 e. The van der Waals surface area contributed by atoms with Gasteiger partial charge < -0.3 is 19.9 Å². The fourth-order valence-corrected chi connectivity index (χ4v) is 1.21. The molecule has 0 radical (unpaired) electrons. The average Bonchev–Trinajstić information content (AvgIpc) is 2.26. The van der Waals surface area contributed by atoms with Crippen molar-refractivity contribution in [2.24, 2.45) is 5.73 Å². The summed E-state index contributed by atoms with van der Waals surface area (Å²) in [5.74, 6) is 1.21. The van der Waals surface area contributed by atoms with Gasteiger partial charge in [-0.2, -0.15) is 0 Å². The maximum atomic E-state index is 10.4. The molecule has 0 aliphatic carbocycles. The molecule has 2 N–H and O–H groups in total. The number of pyridine rings is 1. The molecule has 0 spiro atoms. The largest absolute Gasteiger partial charge is 0.486 e. The molecular formula is C9H10N2O4. The maximum absolute atomic E-state index is 10.4. The number of aromatic nitrogens is 1. The first-order valence-corrected chi connectivity index (χ1v) is 4.42. The lowest BCUT2D eigenvalue weighted by molar-refractivity contribution is 0.147. The number of hydrogen-bond acceptors (Lipinski definition) is 5. The van der Waals surface area contributed by atoms with Gasteiger partial charge >= 0.3 is 6.09 Å². The summed E-state index contributed by atoms with van der Waals surface area (Å²) in [6.45, 7) is 1.06. The molecule has 80 valence electrons. The first-order valence-electron chi connectivity index (χ1n) is 4.42. The molecule has 1 aliphatic rings. The number of fused-ring (bicyclic) bond motifs is 1. The van der Waals surface area contributed by atoms with Crippen LogP contribution >= 0.6 is 0 Å². The molecule has 1 aliphatic heterocycles. The molecule has 1 aromatic rings. The van der Waals surface area contributed by atoms with Crippen molar-refractivity contribution in [2.75, 3.05) is 13.2 Å². The van der Waals surface area contributed by atoms with E-state index in [1.165, 1.54) is 6.20 Å². The Morgan fingerprint density at radius 2 is 2.20 bits per heavy atom. The lowest BCUT2D eigenvalue weighted by atomic mass is 10.3. The van der Waals surface area contributed by atoms with Gasteiger partial charge in [-0.1, -0.05) is 0 Å². The van der Waals surface area contributed by atoms with E-state index in [1.807, 2.05) is 0 Å². The fourth-order valence-electron chi connectivity index (χ4n) is 1.21. The lowest BCUT2D eigenvalue weighted by Gasteiger charge is -2.18. The molecule has 0 saturated carbocycles. The SMILES string of the molecule is NC(=O)OCc1cc2c(cn1)OCCO2. The van der Waals surface area contributed by atoms with E-state index >= 15 is 0 Å². The van der Waals surface area contributed by atoms with Crippen molar-refractivity contribution in [1.82, 2.24) is 4.98 Å². The van der Waals surface area contributed by atoms with Gasteiger partial charge in [-0.3, -0.25) is 4.98 Å². The van der Waals surface area contributed by atoms with E-state index in [0.717, 1.165) is 0 Å². The highest BCUT2D eigenvalue weighted by molar-refractivity contribution is 5.64. The van der Waals surface area contributed by atoms with Crippen LogP contribution < -0.4 is 15.2 Å². The number of rotatable bonds is 2. The van der Waals surface area contributed by atoms with Crippen LogP contribution in [0.2, 0.25) is 0 Å². The van der Waals surface area contributed by atoms with E-state index in [-0.39, 0.29) is 6.61 Å². The van der Waals surface area contributed by atoms with Gasteiger partial charge in [0, 0.05) is 6.07 Å². The summed E-state index contributed by atoms with van der Waals surface area (Å²) in [7, 11) is 0. The Kier molecular flexibility index (Phi) is 2.57. The fraction of sp³-hybridized carbons (Fsp3) is 0.333. The van der Waals surface area contributed by atoms with Gasteiger partial charge in [-0.25, -0.2) is 4.79 Å². The van der Waals surface area contributed by atoms with Gasteiger partial charge in [-0.15, -0.1) is 0 Å². The van der Waals surface area contributed by atoms with Crippen molar-refractivity contribution in [1.29, 1.82) is 0 Å². The van der Waals surface area contributed by atoms with Crippen LogP contribution in [0, 0.1) is 0 Å². The van der Waals surface area contributed by atoms with Crippen molar-refractivity contribution < 1.29 is 19.0 Å². The zero-order valence-electron chi connectivity index (χ0n) is 7.93. The van der Waals surface area contributed by atoms with Crippen molar-refractivity contribution in [3.05, 3.63) is 18.0 Å². The summed E-state index contributed by atoms with van der Waals surface area (Å²) in [4.78, 5) is 14.4. The predicted octanol–water partition coefficient (Wildman–Crippen LogP) is 0.448. The Balaban J connectivity index is 2.10. The first-order chi connectivity index (χ1) is 7.25. The molecule has 2 rings (SSSR count). The van der Waals surface area contributed by atoms with Crippen LogP contribution in [0.25, 0.3) is 0 Å². The second-order valence-corrected chi connectivity index (χ2v) is 2.93. The van der Waals surface area contributed by atoms with E-state index in [2.05, 4.69) is 9.72 Å². The topological polar surface area (TPSA) is 83.7 Å². The molecule has 0 atom stereocenters. The third kappa shape index (κ3) is 2.28. The minimum atomic E-state index is -0.827. The molecule has 0 bridgehead atoms. The summed E-state index contributed by atoms with van der Waals surface area (Å²) in [6, 6.07) is 1.66. The summed E-state index contributed by atoms with van der Waals surface area (Å²) in [5.41, 5.74) is 5.40. The standard InChI is InChI=1S/C9H10N2O4/c10-9(12)15-5-6-3-7-8(4-11-6)14-2-1-13-7/h3-4H,1-2,5H2,(H2,10,12). The van der Waals surface area contributed by atoms with Crippen LogP contribution in [0.5, 0.6) is 11.5 Å². The molecule has 0 aromatic carbocycles. The zero-order valence-corrected chi connectivity index (χ0v) is 7.93. The Morgan fingerprint density at radius 3 is 2.93 bits per heavy atom. The van der Waals surface area contributed by atoms with E-state index in [0.29, 0.717) is 30.4 Å². The van der Waals surface area contributed by atoms with Crippen LogP contribution in [0.1, 0.15) is 5.69 Å². The third-order valence-electron chi connectivity index (χ3n) is 1.85. The van der Waals surface area contributed by atoms with E-state index in [1.54, 1.807) is 6.07 Å². The molecule has 15 heavy (non-hydrogen) atoms. The number of carbonyl (C=O) groups excluding carboxylic acids is 1. The zero-order chi connectivity index (χ0) is 10.7. The van der Waals surface area contributed by atoms with Gasteiger partial charge in [-0.05, 0) is 0 Å². The predicted molar refractivity (Wildman–Crippen MR) is 49.6 cm³/mol. The first kappa shape index (κ1) is 9.57. The molecule has 1 aromatic heterocycles. The van der Waals surface area contributed by atoms with Crippen molar-refractivity contribution in [3.63, 3.8) is 0 Å². The van der Waals surface area contributed by atoms with Gasteiger partial charge in [0.05, 0.1) is 11.9 Å². The monoisotopic (exact) mass is 210 g/mol. The van der Waals surface area contributed by atoms with Crippen molar-refractivity contribution in [2.45, 2.75) is 6.61 Å². The van der Waals surface area contributed by atoms with Crippen LogP contribution in [0.4, 0.5) is 4.79 Å². The number of primary amides is 1. The van der Waals surface area contributed by atoms with Gasteiger partial charge in [0.25, 0.3) is 0 Å². The lowest BCUT2D eigenvalue weighted by Crippen LogP contribution is -2.16. The number of hydrogen-bond donors (Lipinski definition) is 1. The van der Waals surface area contributed by atoms with E-state index < -0.39 is 6.09 Å². The molecule has 6 nitrogen and oxygen atoms in total. The van der Waals surface area contributed by atoms with E-state index in [9.17, 15) is 4.79 Å². The summed E-state index contributed by atoms with van der Waals surface area (Å²) >= 11 is 0. The highest BCUT2D eigenvalue weighted by Crippen LogP contribution is 2.29. The number of nitrogens with two attached hydrogens (primary N) is 1. The smallest absolute Gasteiger partial charge is 0.404 e. The Hall–Kier alpha value is -1.98. The van der Waals surface area contributed by atoms with Gasteiger partial charge in [0.1, 0.15) is 19.8 Å². The third-order valence-corrected chi connectivity index (χ3v) is 1.85. The number of ether oxygens (including phenoxy) is 3. The normalized spacial score (nSPS) is 13.3. The summed E-state index contributed by atoms with van der Waals surface area (Å²) in [5, 5.41) is 0. The molecule has 6 heteroatoms. The Bertz CT molecular complexity index is 380. The average molecular weight is 210 g/mol. The van der Waals surface area contributed by atoms with Crippen molar-refractivity contribution in [3.8, 4) is 11.5 Å². The van der Waals surface area contributed by atoms with Crippen LogP contribution in [0.3, 0.4) is 0 Å². The second-order valence-electron chi connectivity index (χ2n) is 2.93. The number of nitrogens with zero attached hydrogens (tertiary/aromatic N) is 1. The van der Waals surface area contributed by atoms with Gasteiger partial charge in [0.15, 0.2) is 11.5 Å². The minimum Gasteiger partial charge on any atom is -0.486 e. The molecule has 1 amide bonds. The molecule has 0 unspecified atom stereocenters. The highest BCUT2D eigenvalue weighted by atomic mass is 16.6. The Labute approximate surface area is 85.9 Å².